The number of methoxy groups -OCH3 is 1. The molecule has 0 atom stereocenters. The van der Waals surface area contributed by atoms with Crippen LogP contribution in [0.4, 0.5) is 13.2 Å². The van der Waals surface area contributed by atoms with Crippen LogP contribution in [0.5, 0.6) is 5.75 Å². The minimum atomic E-state index is -4.60. The number of nitrogens with two attached hydrogens (primary N) is 1. The fourth-order valence-corrected chi connectivity index (χ4v) is 3.84. The van der Waals surface area contributed by atoms with E-state index in [4.69, 9.17) is 14.9 Å². The van der Waals surface area contributed by atoms with Gasteiger partial charge in [-0.3, -0.25) is 4.79 Å². The number of carbonyl (C=O) groups is 1. The van der Waals surface area contributed by atoms with Gasteiger partial charge in [0.05, 0.1) is 19.4 Å². The van der Waals surface area contributed by atoms with Crippen LogP contribution >= 0.6 is 0 Å². The summed E-state index contributed by atoms with van der Waals surface area (Å²) in [6.45, 7) is 4.88. The number of amides is 1. The molecule has 8 nitrogen and oxygen atoms in total. The van der Waals surface area contributed by atoms with Crippen molar-refractivity contribution in [1.29, 1.82) is 0 Å². The van der Waals surface area contributed by atoms with Crippen molar-refractivity contribution in [2.45, 2.75) is 32.0 Å². The van der Waals surface area contributed by atoms with Gasteiger partial charge >= 0.3 is 6.18 Å². The Kier molecular flexibility index (Phi) is 6.97. The Morgan fingerprint density at radius 3 is 2.57 bits per heavy atom. The number of carbonyl (C=O) groups excluding carboxylic acids is 1. The number of benzene rings is 1. The molecule has 2 aromatic heterocycles. The number of pyridine rings is 1. The number of hydrogen-bond acceptors (Lipinski definition) is 7. The topological polar surface area (TPSA) is 115 Å². The number of aromatic nitrogens is 2. The maximum atomic E-state index is 13.2. The van der Waals surface area contributed by atoms with Crippen molar-refractivity contribution in [3.63, 3.8) is 0 Å². The highest BCUT2D eigenvalue weighted by atomic mass is 19.4. The summed E-state index contributed by atoms with van der Waals surface area (Å²) in [5.41, 5.74) is 6.13. The molecular formula is C24H26F3N5O3. The van der Waals surface area contributed by atoms with Gasteiger partial charge in [0, 0.05) is 30.0 Å². The molecule has 186 valence electrons. The van der Waals surface area contributed by atoms with Crippen molar-refractivity contribution in [1.82, 2.24) is 20.6 Å². The van der Waals surface area contributed by atoms with Gasteiger partial charge in [-0.1, -0.05) is 13.0 Å². The van der Waals surface area contributed by atoms with Crippen molar-refractivity contribution in [3.8, 4) is 17.2 Å². The predicted molar refractivity (Wildman–Crippen MR) is 124 cm³/mol. The minimum absolute atomic E-state index is 0.0337. The molecule has 1 amide bonds. The maximum absolute atomic E-state index is 13.2. The van der Waals surface area contributed by atoms with E-state index < -0.39 is 11.9 Å². The third-order valence-electron chi connectivity index (χ3n) is 5.97. The van der Waals surface area contributed by atoms with Gasteiger partial charge in [0.2, 0.25) is 11.8 Å². The highest BCUT2D eigenvalue weighted by Gasteiger charge is 2.33. The number of hydrogen-bond donors (Lipinski definition) is 3. The molecule has 4 rings (SSSR count). The molecule has 0 radical (unpaired) electrons. The van der Waals surface area contributed by atoms with E-state index >= 15 is 0 Å². The second-order valence-electron chi connectivity index (χ2n) is 8.22. The van der Waals surface area contributed by atoms with E-state index in [0.717, 1.165) is 25.3 Å². The van der Waals surface area contributed by atoms with Gasteiger partial charge in [0.25, 0.3) is 0 Å². The zero-order chi connectivity index (χ0) is 25.2. The summed E-state index contributed by atoms with van der Waals surface area (Å²) in [5, 5.41) is 6.37. The number of alkyl halides is 3. The van der Waals surface area contributed by atoms with Gasteiger partial charge in [-0.25, -0.2) is 9.97 Å². The Bertz CT molecular complexity index is 1250. The van der Waals surface area contributed by atoms with Crippen LogP contribution in [0, 0.1) is 5.92 Å². The van der Waals surface area contributed by atoms with Crippen LogP contribution in [0.15, 0.2) is 35.3 Å². The molecule has 1 aliphatic carbocycles. The molecule has 35 heavy (non-hydrogen) atoms. The third kappa shape index (κ3) is 5.09. The van der Waals surface area contributed by atoms with Gasteiger partial charge in [-0.05, 0) is 37.1 Å². The SMILES string of the molecule is C=C(NCCNC(=O)C1CCC1)c1nc(-c2ccc(OC)c3nc(C(F)(F)F)ccc23)oc1CN. The molecule has 1 fully saturated rings. The summed E-state index contributed by atoms with van der Waals surface area (Å²) in [7, 11) is 1.36. The summed E-state index contributed by atoms with van der Waals surface area (Å²) >= 11 is 0. The number of ether oxygens (including phenoxy) is 1. The van der Waals surface area contributed by atoms with Crippen LogP contribution < -0.4 is 21.1 Å². The van der Waals surface area contributed by atoms with Crippen molar-refractivity contribution >= 4 is 22.5 Å². The summed E-state index contributed by atoms with van der Waals surface area (Å²) in [6.07, 6.45) is -1.65. The number of fused-ring (bicyclic) bond motifs is 1. The lowest BCUT2D eigenvalue weighted by molar-refractivity contribution is -0.141. The first-order valence-electron chi connectivity index (χ1n) is 11.2. The average molecular weight is 489 g/mol. The standard InChI is InChI=1S/C24H26F3N5O3/c1-13(29-10-11-30-22(33)14-4-3-5-14)20-18(12-28)35-23(32-20)16-6-8-17(34-2)21-15(16)7-9-19(31-21)24(25,26)27/h6-9,14,29H,1,3-5,10-12,28H2,2H3,(H,30,33). The molecule has 3 aromatic rings. The molecule has 0 unspecified atom stereocenters. The quantitative estimate of drug-likeness (QED) is 0.391. The second kappa shape index (κ2) is 9.95. The van der Waals surface area contributed by atoms with Crippen LogP contribution in [-0.2, 0) is 17.5 Å². The van der Waals surface area contributed by atoms with Crippen LogP contribution in [0.3, 0.4) is 0 Å². The first-order chi connectivity index (χ1) is 16.7. The number of halogens is 3. The first kappa shape index (κ1) is 24.5. The predicted octanol–water partition coefficient (Wildman–Crippen LogP) is 3.85. The zero-order valence-corrected chi connectivity index (χ0v) is 19.2. The second-order valence-corrected chi connectivity index (χ2v) is 8.22. The number of rotatable bonds is 9. The van der Waals surface area contributed by atoms with E-state index in [1.165, 1.54) is 19.2 Å². The Morgan fingerprint density at radius 1 is 1.20 bits per heavy atom. The van der Waals surface area contributed by atoms with Crippen molar-refractivity contribution in [2.24, 2.45) is 11.7 Å². The van der Waals surface area contributed by atoms with Crippen LogP contribution in [-0.4, -0.2) is 36.1 Å². The van der Waals surface area contributed by atoms with E-state index in [1.807, 2.05) is 0 Å². The van der Waals surface area contributed by atoms with Gasteiger partial charge in [-0.2, -0.15) is 13.2 Å². The summed E-state index contributed by atoms with van der Waals surface area (Å²) < 4.78 is 50.7. The van der Waals surface area contributed by atoms with Crippen molar-refractivity contribution < 1.29 is 27.1 Å². The number of nitrogens with zero attached hydrogens (tertiary/aromatic N) is 2. The van der Waals surface area contributed by atoms with Crippen molar-refractivity contribution in [2.75, 3.05) is 20.2 Å². The molecule has 11 heteroatoms. The third-order valence-corrected chi connectivity index (χ3v) is 5.97. The Hall–Kier alpha value is -3.60. The molecule has 1 aromatic carbocycles. The van der Waals surface area contributed by atoms with Crippen molar-refractivity contribution in [3.05, 3.63) is 48.0 Å². The average Bonchev–Trinajstić information content (AvgIpc) is 3.23. The normalized spacial score (nSPS) is 14.0. The van der Waals surface area contributed by atoms with E-state index in [0.29, 0.717) is 41.2 Å². The van der Waals surface area contributed by atoms with E-state index in [-0.39, 0.29) is 35.5 Å². The van der Waals surface area contributed by atoms with Gasteiger partial charge in [0.15, 0.2) is 0 Å². The molecule has 0 aliphatic heterocycles. The van der Waals surface area contributed by atoms with Gasteiger partial charge in [0.1, 0.15) is 28.4 Å². The van der Waals surface area contributed by atoms with E-state index in [1.54, 1.807) is 6.07 Å². The zero-order valence-electron chi connectivity index (χ0n) is 19.2. The van der Waals surface area contributed by atoms with Gasteiger partial charge in [-0.15, -0.1) is 0 Å². The molecule has 0 spiro atoms. The van der Waals surface area contributed by atoms with Crippen LogP contribution in [0.1, 0.15) is 36.4 Å². The molecule has 2 heterocycles. The Morgan fingerprint density at radius 2 is 1.94 bits per heavy atom. The van der Waals surface area contributed by atoms with Gasteiger partial charge < -0.3 is 25.5 Å². The maximum Gasteiger partial charge on any atom is 0.433 e. The van der Waals surface area contributed by atoms with E-state index in [2.05, 4.69) is 27.2 Å². The molecule has 0 bridgehead atoms. The molecule has 1 aliphatic rings. The molecule has 0 saturated heterocycles. The summed E-state index contributed by atoms with van der Waals surface area (Å²) in [5.74, 6) is 0.885. The smallest absolute Gasteiger partial charge is 0.433 e. The highest BCUT2D eigenvalue weighted by molar-refractivity contribution is 5.96. The van der Waals surface area contributed by atoms with Crippen LogP contribution in [0.25, 0.3) is 28.1 Å². The molecule has 4 N–H and O–H groups in total. The summed E-state index contributed by atoms with van der Waals surface area (Å²) in [4.78, 5) is 20.2. The lowest BCUT2D eigenvalue weighted by atomic mass is 9.85. The summed E-state index contributed by atoms with van der Waals surface area (Å²) in [6, 6.07) is 5.36. The van der Waals surface area contributed by atoms with E-state index in [9.17, 15) is 18.0 Å². The lowest BCUT2D eigenvalue weighted by Crippen LogP contribution is -2.37. The Labute approximate surface area is 199 Å². The first-order valence-corrected chi connectivity index (χ1v) is 11.2. The molecular weight excluding hydrogens is 463 g/mol. The number of oxazole rings is 1. The number of nitrogens with one attached hydrogen (secondary N) is 2. The Balaban J connectivity index is 1.56. The fourth-order valence-electron chi connectivity index (χ4n) is 3.84. The highest BCUT2D eigenvalue weighted by Crippen LogP contribution is 2.37. The molecule has 1 saturated carbocycles. The monoisotopic (exact) mass is 489 g/mol. The lowest BCUT2D eigenvalue weighted by Gasteiger charge is -2.24. The fraction of sp³-hybridized carbons (Fsp3) is 0.375. The van der Waals surface area contributed by atoms with Crippen LogP contribution in [0.2, 0.25) is 0 Å². The minimum Gasteiger partial charge on any atom is -0.494 e. The largest absolute Gasteiger partial charge is 0.494 e.